The Bertz CT molecular complexity index is 564. The lowest BCUT2D eigenvalue weighted by Crippen LogP contribution is -2.48. The number of anilines is 1. The minimum atomic E-state index is -4.13. The highest BCUT2D eigenvalue weighted by molar-refractivity contribution is 7.17. The molecule has 3 rings (SSSR count). The van der Waals surface area contributed by atoms with Gasteiger partial charge in [0.1, 0.15) is 0 Å². The maximum atomic E-state index is 12.6. The SMILES string of the molecule is COc1cnc(NC(=O)N2C3CCC2CC(CC(F)(F)F)C3)s1. The summed E-state index contributed by atoms with van der Waals surface area (Å²) in [7, 11) is 1.52. The van der Waals surface area contributed by atoms with Crippen molar-refractivity contribution in [1.29, 1.82) is 0 Å². The minimum Gasteiger partial charge on any atom is -0.486 e. The molecule has 0 spiro atoms. The number of carbonyl (C=O) groups excluding carboxylic acids is 1. The fourth-order valence-corrected chi connectivity index (χ4v) is 4.31. The van der Waals surface area contributed by atoms with Gasteiger partial charge in [-0.1, -0.05) is 11.3 Å². The summed E-state index contributed by atoms with van der Waals surface area (Å²) in [6, 6.07) is -0.495. The van der Waals surface area contributed by atoms with Crippen LogP contribution in [0, 0.1) is 5.92 Å². The van der Waals surface area contributed by atoms with Crippen LogP contribution >= 0.6 is 11.3 Å². The number of amides is 2. The van der Waals surface area contributed by atoms with Gasteiger partial charge in [-0.3, -0.25) is 5.32 Å². The lowest BCUT2D eigenvalue weighted by atomic mass is 9.88. The maximum absolute atomic E-state index is 12.6. The summed E-state index contributed by atoms with van der Waals surface area (Å²) in [5, 5.41) is 3.75. The molecule has 0 saturated carbocycles. The summed E-state index contributed by atoms with van der Waals surface area (Å²) < 4.78 is 42.8. The van der Waals surface area contributed by atoms with E-state index in [9.17, 15) is 18.0 Å². The van der Waals surface area contributed by atoms with E-state index in [2.05, 4.69) is 10.3 Å². The predicted molar refractivity (Wildman–Crippen MR) is 79.7 cm³/mol. The van der Waals surface area contributed by atoms with Crippen LogP contribution in [0.3, 0.4) is 0 Å². The van der Waals surface area contributed by atoms with Crippen LogP contribution in [0.1, 0.15) is 32.1 Å². The summed E-state index contributed by atoms with van der Waals surface area (Å²) >= 11 is 1.22. The maximum Gasteiger partial charge on any atom is 0.389 e. The summed E-state index contributed by atoms with van der Waals surface area (Å²) in [4.78, 5) is 18.2. The van der Waals surface area contributed by atoms with E-state index in [0.717, 1.165) is 12.8 Å². The third-order valence-electron chi connectivity index (χ3n) is 4.48. The smallest absolute Gasteiger partial charge is 0.389 e. The summed E-state index contributed by atoms with van der Waals surface area (Å²) in [6.45, 7) is 0. The van der Waals surface area contributed by atoms with Gasteiger partial charge in [0.2, 0.25) is 0 Å². The highest BCUT2D eigenvalue weighted by atomic mass is 32.1. The van der Waals surface area contributed by atoms with Gasteiger partial charge in [0.15, 0.2) is 10.2 Å². The zero-order chi connectivity index (χ0) is 16.6. The van der Waals surface area contributed by atoms with Gasteiger partial charge in [0.05, 0.1) is 13.3 Å². The average molecular weight is 349 g/mol. The van der Waals surface area contributed by atoms with E-state index in [1.165, 1.54) is 24.6 Å². The van der Waals surface area contributed by atoms with Crippen LogP contribution in [0.4, 0.5) is 23.1 Å². The molecule has 0 radical (unpaired) electrons. The Morgan fingerprint density at radius 1 is 1.43 bits per heavy atom. The van der Waals surface area contributed by atoms with Gasteiger partial charge in [-0.2, -0.15) is 13.2 Å². The number of ether oxygens (including phenoxy) is 1. The molecular formula is C14H18F3N3O2S. The van der Waals surface area contributed by atoms with E-state index in [1.807, 2.05) is 0 Å². The molecule has 2 atom stereocenters. The molecule has 2 bridgehead atoms. The number of rotatable bonds is 3. The number of nitrogens with one attached hydrogen (secondary N) is 1. The number of alkyl halides is 3. The van der Waals surface area contributed by atoms with Crippen molar-refractivity contribution in [2.75, 3.05) is 12.4 Å². The number of hydrogen-bond donors (Lipinski definition) is 1. The molecule has 0 aromatic carbocycles. The van der Waals surface area contributed by atoms with Crippen LogP contribution < -0.4 is 10.1 Å². The Morgan fingerprint density at radius 2 is 2.09 bits per heavy atom. The molecule has 2 fully saturated rings. The first-order chi connectivity index (χ1) is 10.9. The van der Waals surface area contributed by atoms with Crippen LogP contribution in [0.15, 0.2) is 6.20 Å². The molecule has 1 N–H and O–H groups in total. The van der Waals surface area contributed by atoms with Crippen LogP contribution in [0.5, 0.6) is 5.06 Å². The number of nitrogens with zero attached hydrogens (tertiary/aromatic N) is 2. The molecule has 3 heterocycles. The molecule has 2 saturated heterocycles. The Morgan fingerprint density at radius 3 is 2.61 bits per heavy atom. The summed E-state index contributed by atoms with van der Waals surface area (Å²) in [5.74, 6) is -0.378. The van der Waals surface area contributed by atoms with Gasteiger partial charge < -0.3 is 9.64 Å². The first kappa shape index (κ1) is 16.4. The molecule has 1 aromatic heterocycles. The van der Waals surface area contributed by atoms with Crippen LogP contribution in [0.2, 0.25) is 0 Å². The van der Waals surface area contributed by atoms with Crippen molar-refractivity contribution in [2.24, 2.45) is 5.92 Å². The Labute approximate surface area is 135 Å². The fraction of sp³-hybridized carbons (Fsp3) is 0.714. The van der Waals surface area contributed by atoms with E-state index in [0.29, 0.717) is 23.0 Å². The van der Waals surface area contributed by atoms with Gasteiger partial charge in [0.25, 0.3) is 0 Å². The predicted octanol–water partition coefficient (Wildman–Crippen LogP) is 3.88. The van der Waals surface area contributed by atoms with E-state index >= 15 is 0 Å². The van der Waals surface area contributed by atoms with Crippen molar-refractivity contribution in [3.05, 3.63) is 6.20 Å². The third-order valence-corrected chi connectivity index (χ3v) is 5.36. The van der Waals surface area contributed by atoms with Crippen molar-refractivity contribution in [3.63, 3.8) is 0 Å². The molecule has 128 valence electrons. The molecule has 0 aliphatic carbocycles. The van der Waals surface area contributed by atoms with Crippen molar-refractivity contribution < 1.29 is 22.7 Å². The van der Waals surface area contributed by atoms with Gasteiger partial charge in [-0.15, -0.1) is 0 Å². The Hall–Kier alpha value is -1.51. The molecule has 2 unspecified atom stereocenters. The summed E-state index contributed by atoms with van der Waals surface area (Å²) in [5.41, 5.74) is 0. The third kappa shape index (κ3) is 3.70. The van der Waals surface area contributed by atoms with Crippen molar-refractivity contribution >= 4 is 22.5 Å². The molecule has 2 aliphatic heterocycles. The number of methoxy groups -OCH3 is 1. The van der Waals surface area contributed by atoms with Gasteiger partial charge in [-0.05, 0) is 31.6 Å². The Kier molecular flexibility index (Phi) is 4.39. The van der Waals surface area contributed by atoms with Crippen molar-refractivity contribution in [2.45, 2.75) is 50.4 Å². The van der Waals surface area contributed by atoms with Crippen molar-refractivity contribution in [3.8, 4) is 5.06 Å². The number of piperidine rings is 1. The number of fused-ring (bicyclic) bond motifs is 2. The zero-order valence-electron chi connectivity index (χ0n) is 12.6. The topological polar surface area (TPSA) is 54.5 Å². The lowest BCUT2D eigenvalue weighted by Gasteiger charge is -2.38. The number of urea groups is 1. The van der Waals surface area contributed by atoms with Gasteiger partial charge in [0, 0.05) is 18.5 Å². The number of halogens is 3. The number of aromatic nitrogens is 1. The quantitative estimate of drug-likeness (QED) is 0.901. The van der Waals surface area contributed by atoms with Crippen LogP contribution in [-0.4, -0.2) is 41.3 Å². The first-order valence-electron chi connectivity index (χ1n) is 7.51. The Balaban J connectivity index is 1.62. The second kappa shape index (κ2) is 6.18. The molecule has 2 amide bonds. The van der Waals surface area contributed by atoms with Gasteiger partial charge in [-0.25, -0.2) is 9.78 Å². The zero-order valence-corrected chi connectivity index (χ0v) is 13.4. The lowest BCUT2D eigenvalue weighted by molar-refractivity contribution is -0.148. The van der Waals surface area contributed by atoms with Gasteiger partial charge >= 0.3 is 12.2 Å². The highest BCUT2D eigenvalue weighted by Gasteiger charge is 2.46. The standard InChI is InChI=1S/C14H18F3N3O2S/c1-22-11-7-18-12(23-11)19-13(21)20-9-2-3-10(20)5-8(4-9)6-14(15,16)17/h7-10H,2-6H2,1H3,(H,18,19,21). The highest BCUT2D eigenvalue weighted by Crippen LogP contribution is 2.43. The fourth-order valence-electron chi connectivity index (χ4n) is 3.68. The number of thiazole rings is 1. The molecule has 9 heteroatoms. The van der Waals surface area contributed by atoms with E-state index in [4.69, 9.17) is 4.74 Å². The summed E-state index contributed by atoms with van der Waals surface area (Å²) in [6.07, 6.45) is -0.980. The van der Waals surface area contributed by atoms with Crippen molar-refractivity contribution in [1.82, 2.24) is 9.88 Å². The number of hydrogen-bond acceptors (Lipinski definition) is 4. The second-order valence-electron chi connectivity index (χ2n) is 6.07. The van der Waals surface area contributed by atoms with E-state index < -0.39 is 12.6 Å². The molecule has 2 aliphatic rings. The van der Waals surface area contributed by atoms with E-state index in [1.54, 1.807) is 4.90 Å². The first-order valence-corrected chi connectivity index (χ1v) is 8.33. The minimum absolute atomic E-state index is 0.108. The van der Waals surface area contributed by atoms with E-state index in [-0.39, 0.29) is 24.0 Å². The molecule has 5 nitrogen and oxygen atoms in total. The largest absolute Gasteiger partial charge is 0.486 e. The normalized spacial score (nSPS) is 27.1. The monoisotopic (exact) mass is 349 g/mol. The average Bonchev–Trinajstić information content (AvgIpc) is 3.00. The van der Waals surface area contributed by atoms with Crippen LogP contribution in [-0.2, 0) is 0 Å². The van der Waals surface area contributed by atoms with Crippen LogP contribution in [0.25, 0.3) is 0 Å². The molecular weight excluding hydrogens is 331 g/mol. The number of carbonyl (C=O) groups is 1. The molecule has 1 aromatic rings. The second-order valence-corrected chi connectivity index (χ2v) is 7.06. The molecule has 23 heavy (non-hydrogen) atoms.